The molecular weight excluding hydrogens is 288 g/mol. The minimum absolute atomic E-state index is 0.230. The third-order valence-electron chi connectivity index (χ3n) is 3.39. The summed E-state index contributed by atoms with van der Waals surface area (Å²) in [6.07, 6.45) is -0.236. The molecule has 1 aliphatic rings. The summed E-state index contributed by atoms with van der Waals surface area (Å²) in [5, 5.41) is 4.25. The summed E-state index contributed by atoms with van der Waals surface area (Å²) >= 11 is 5.89. The number of nitrogens with one attached hydrogen (secondary N) is 1. The monoisotopic (exact) mass is 310 g/mol. The molecule has 2 rings (SSSR count). The number of carbonyl (C=O) groups is 1. The first-order valence-corrected chi connectivity index (χ1v) is 7.62. The lowest BCUT2D eigenvalue weighted by atomic mass is 10.0. The van der Waals surface area contributed by atoms with E-state index in [4.69, 9.17) is 16.3 Å². The summed E-state index contributed by atoms with van der Waals surface area (Å²) in [6.45, 7) is 9.12. The molecule has 1 unspecified atom stereocenters. The zero-order valence-electron chi connectivity index (χ0n) is 13.0. The van der Waals surface area contributed by atoms with Gasteiger partial charge in [-0.15, -0.1) is 0 Å². The van der Waals surface area contributed by atoms with Crippen molar-refractivity contribution in [1.82, 2.24) is 10.2 Å². The van der Waals surface area contributed by atoms with E-state index in [9.17, 15) is 4.79 Å². The maximum atomic E-state index is 11.8. The molecule has 1 fully saturated rings. The van der Waals surface area contributed by atoms with Gasteiger partial charge >= 0.3 is 6.09 Å². The van der Waals surface area contributed by atoms with Crippen LogP contribution in [-0.2, 0) is 4.74 Å². The molecule has 1 saturated heterocycles. The Labute approximate surface area is 131 Å². The molecule has 0 radical (unpaired) electrons. The number of hydrogen-bond donors (Lipinski definition) is 1. The highest BCUT2D eigenvalue weighted by Crippen LogP contribution is 2.20. The molecule has 0 aromatic heterocycles. The average molecular weight is 311 g/mol. The van der Waals surface area contributed by atoms with Crippen molar-refractivity contribution in [1.29, 1.82) is 0 Å². The normalized spacial score (nSPS) is 17.3. The van der Waals surface area contributed by atoms with Crippen LogP contribution in [-0.4, -0.2) is 35.7 Å². The largest absolute Gasteiger partial charge is 0.444 e. The van der Waals surface area contributed by atoms with Crippen LogP contribution in [0.4, 0.5) is 4.79 Å². The molecule has 1 aromatic carbocycles. The van der Waals surface area contributed by atoms with Crippen molar-refractivity contribution in [3.8, 4) is 0 Å². The molecule has 0 bridgehead atoms. The summed E-state index contributed by atoms with van der Waals surface area (Å²) in [6, 6.07) is 8.36. The summed E-state index contributed by atoms with van der Waals surface area (Å²) < 4.78 is 5.34. The molecule has 0 aliphatic carbocycles. The van der Waals surface area contributed by atoms with Gasteiger partial charge in [-0.05, 0) is 45.4 Å². The van der Waals surface area contributed by atoms with Crippen molar-refractivity contribution >= 4 is 17.7 Å². The van der Waals surface area contributed by atoms with Crippen molar-refractivity contribution < 1.29 is 9.53 Å². The fourth-order valence-corrected chi connectivity index (χ4v) is 2.39. The molecule has 1 aliphatic heterocycles. The minimum Gasteiger partial charge on any atom is -0.444 e. The molecule has 1 N–H and O–H groups in total. The molecule has 1 amide bonds. The molecule has 0 spiro atoms. The highest BCUT2D eigenvalue weighted by Gasteiger charge is 2.34. The van der Waals surface area contributed by atoms with Crippen LogP contribution in [0.5, 0.6) is 0 Å². The molecule has 21 heavy (non-hydrogen) atoms. The molecule has 1 aromatic rings. The van der Waals surface area contributed by atoms with E-state index in [0.717, 1.165) is 5.02 Å². The Morgan fingerprint density at radius 2 is 1.90 bits per heavy atom. The van der Waals surface area contributed by atoms with Gasteiger partial charge in [-0.1, -0.05) is 23.7 Å². The Bertz CT molecular complexity index is 490. The third-order valence-corrected chi connectivity index (χ3v) is 3.64. The second-order valence-electron chi connectivity index (χ2n) is 6.52. The van der Waals surface area contributed by atoms with Crippen LogP contribution in [0.15, 0.2) is 24.3 Å². The van der Waals surface area contributed by atoms with Crippen molar-refractivity contribution in [3.63, 3.8) is 0 Å². The predicted molar refractivity (Wildman–Crippen MR) is 84.6 cm³/mol. The smallest absolute Gasteiger partial charge is 0.410 e. The Kier molecular flexibility index (Phi) is 4.79. The number of carbonyl (C=O) groups excluding carboxylic acids is 1. The first-order valence-electron chi connectivity index (χ1n) is 7.24. The zero-order valence-corrected chi connectivity index (χ0v) is 13.8. The van der Waals surface area contributed by atoms with E-state index in [-0.39, 0.29) is 12.1 Å². The third kappa shape index (κ3) is 4.61. The van der Waals surface area contributed by atoms with Gasteiger partial charge in [0.05, 0.1) is 0 Å². The van der Waals surface area contributed by atoms with Crippen LogP contribution < -0.4 is 5.32 Å². The lowest BCUT2D eigenvalue weighted by Crippen LogP contribution is -2.60. The van der Waals surface area contributed by atoms with E-state index in [2.05, 4.69) is 12.2 Å². The van der Waals surface area contributed by atoms with Gasteiger partial charge in [0, 0.05) is 30.2 Å². The summed E-state index contributed by atoms with van der Waals surface area (Å²) in [4.78, 5) is 13.6. The van der Waals surface area contributed by atoms with E-state index in [1.165, 1.54) is 5.56 Å². The summed E-state index contributed by atoms with van der Waals surface area (Å²) in [7, 11) is 0. The van der Waals surface area contributed by atoms with Crippen molar-refractivity contribution in [3.05, 3.63) is 34.9 Å². The molecule has 1 heterocycles. The first-order chi connectivity index (χ1) is 9.74. The van der Waals surface area contributed by atoms with E-state index < -0.39 is 5.60 Å². The average Bonchev–Trinajstić information content (AvgIpc) is 2.31. The molecule has 5 heteroatoms. The van der Waals surface area contributed by atoms with Crippen LogP contribution >= 0.6 is 11.6 Å². The Balaban J connectivity index is 1.77. The van der Waals surface area contributed by atoms with E-state index in [1.54, 1.807) is 4.90 Å². The SMILES string of the molecule is CC(NC1CN(C(=O)OC(C)(C)C)C1)c1ccc(Cl)cc1. The number of ether oxygens (including phenoxy) is 1. The molecule has 0 saturated carbocycles. The van der Waals surface area contributed by atoms with Gasteiger partial charge in [-0.3, -0.25) is 0 Å². The highest BCUT2D eigenvalue weighted by atomic mass is 35.5. The summed E-state index contributed by atoms with van der Waals surface area (Å²) in [5.74, 6) is 0. The highest BCUT2D eigenvalue weighted by molar-refractivity contribution is 6.30. The topological polar surface area (TPSA) is 41.6 Å². The predicted octanol–water partition coefficient (Wildman–Crippen LogP) is 3.61. The quantitative estimate of drug-likeness (QED) is 0.927. The minimum atomic E-state index is -0.438. The Morgan fingerprint density at radius 1 is 1.33 bits per heavy atom. The van der Waals surface area contributed by atoms with Crippen LogP contribution in [0.1, 0.15) is 39.3 Å². The van der Waals surface area contributed by atoms with Gasteiger partial charge in [-0.25, -0.2) is 4.79 Å². The standard InChI is InChI=1S/C16H23ClN2O2/c1-11(12-5-7-13(17)8-6-12)18-14-9-19(10-14)15(20)21-16(2,3)4/h5-8,11,14,18H,9-10H2,1-4H3. The van der Waals surface area contributed by atoms with Crippen LogP contribution in [0.2, 0.25) is 5.02 Å². The molecule has 1 atom stereocenters. The van der Waals surface area contributed by atoms with Crippen molar-refractivity contribution in [2.24, 2.45) is 0 Å². The van der Waals surface area contributed by atoms with Gasteiger partial charge in [0.25, 0.3) is 0 Å². The lowest BCUT2D eigenvalue weighted by Gasteiger charge is -2.41. The fraction of sp³-hybridized carbons (Fsp3) is 0.562. The van der Waals surface area contributed by atoms with Crippen molar-refractivity contribution in [2.75, 3.05) is 13.1 Å². The molecular formula is C16H23ClN2O2. The maximum absolute atomic E-state index is 11.8. The van der Waals surface area contributed by atoms with Gasteiger partial charge in [0.1, 0.15) is 5.60 Å². The first kappa shape index (κ1) is 16.1. The number of halogens is 1. The van der Waals surface area contributed by atoms with E-state index >= 15 is 0 Å². The van der Waals surface area contributed by atoms with E-state index in [0.29, 0.717) is 19.1 Å². The number of amides is 1. The Hall–Kier alpha value is -1.26. The van der Waals surface area contributed by atoms with Gasteiger partial charge < -0.3 is 15.0 Å². The number of rotatable bonds is 3. The second kappa shape index (κ2) is 6.24. The number of hydrogen-bond acceptors (Lipinski definition) is 3. The van der Waals surface area contributed by atoms with E-state index in [1.807, 2.05) is 45.0 Å². The molecule has 4 nitrogen and oxygen atoms in total. The summed E-state index contributed by atoms with van der Waals surface area (Å²) in [5.41, 5.74) is 0.752. The number of nitrogens with zero attached hydrogens (tertiary/aromatic N) is 1. The number of benzene rings is 1. The Morgan fingerprint density at radius 3 is 2.43 bits per heavy atom. The number of likely N-dealkylation sites (tertiary alicyclic amines) is 1. The van der Waals surface area contributed by atoms with Crippen molar-refractivity contribution in [2.45, 2.75) is 45.4 Å². The second-order valence-corrected chi connectivity index (χ2v) is 6.96. The van der Waals surface area contributed by atoms with Crippen LogP contribution in [0, 0.1) is 0 Å². The maximum Gasteiger partial charge on any atom is 0.410 e. The zero-order chi connectivity index (χ0) is 15.6. The molecule has 116 valence electrons. The van der Waals surface area contributed by atoms with Crippen LogP contribution in [0.25, 0.3) is 0 Å². The van der Waals surface area contributed by atoms with Gasteiger partial charge in [0.15, 0.2) is 0 Å². The fourth-order valence-electron chi connectivity index (χ4n) is 2.26. The lowest BCUT2D eigenvalue weighted by molar-refractivity contribution is 0.00434. The van der Waals surface area contributed by atoms with Gasteiger partial charge in [-0.2, -0.15) is 0 Å². The van der Waals surface area contributed by atoms with Crippen LogP contribution in [0.3, 0.4) is 0 Å². The van der Waals surface area contributed by atoms with Gasteiger partial charge in [0.2, 0.25) is 0 Å².